The SMILES string of the molecule is COc1ccc(Cn2c(O)c(OC)c(O)c(C(=O)C3CCC(C)CC3)c2=O)cc1. The number of carbonyl (C=O) groups excluding carboxylic acids is 1. The van der Waals surface area contributed by atoms with Crippen molar-refractivity contribution in [2.24, 2.45) is 11.8 Å². The Morgan fingerprint density at radius 2 is 1.69 bits per heavy atom. The molecule has 0 aliphatic heterocycles. The van der Waals surface area contributed by atoms with E-state index >= 15 is 0 Å². The Labute approximate surface area is 169 Å². The molecule has 1 aliphatic carbocycles. The van der Waals surface area contributed by atoms with Gasteiger partial charge in [0.2, 0.25) is 11.6 Å². The highest BCUT2D eigenvalue weighted by atomic mass is 16.5. The normalized spacial score (nSPS) is 19.0. The predicted octanol–water partition coefficient (Wildman–Crippen LogP) is 3.33. The Balaban J connectivity index is 2.03. The summed E-state index contributed by atoms with van der Waals surface area (Å²) in [5, 5.41) is 21.0. The maximum Gasteiger partial charge on any atom is 0.268 e. The van der Waals surface area contributed by atoms with Crippen molar-refractivity contribution in [1.82, 2.24) is 4.57 Å². The molecular formula is C22H27NO6. The zero-order chi connectivity index (χ0) is 21.1. The van der Waals surface area contributed by atoms with Crippen molar-refractivity contribution in [3.8, 4) is 23.1 Å². The van der Waals surface area contributed by atoms with Gasteiger partial charge in [0, 0.05) is 5.92 Å². The number of benzene rings is 1. The molecule has 1 saturated carbocycles. The van der Waals surface area contributed by atoms with Crippen molar-refractivity contribution < 1.29 is 24.5 Å². The highest BCUT2D eigenvalue weighted by Crippen LogP contribution is 2.39. The van der Waals surface area contributed by atoms with E-state index in [2.05, 4.69) is 6.92 Å². The molecule has 1 fully saturated rings. The molecule has 3 rings (SSSR count). The summed E-state index contributed by atoms with van der Waals surface area (Å²) in [7, 11) is 2.83. The summed E-state index contributed by atoms with van der Waals surface area (Å²) in [4.78, 5) is 26.2. The summed E-state index contributed by atoms with van der Waals surface area (Å²) in [6, 6.07) is 7.00. The third-order valence-electron chi connectivity index (χ3n) is 5.71. The molecule has 2 N–H and O–H groups in total. The van der Waals surface area contributed by atoms with Gasteiger partial charge in [0.15, 0.2) is 11.5 Å². The lowest BCUT2D eigenvalue weighted by molar-refractivity contribution is 0.0869. The summed E-state index contributed by atoms with van der Waals surface area (Å²) >= 11 is 0. The maximum atomic E-state index is 13.1. The van der Waals surface area contributed by atoms with E-state index in [4.69, 9.17) is 9.47 Å². The Morgan fingerprint density at radius 1 is 1.07 bits per heavy atom. The topological polar surface area (TPSA) is 98.0 Å². The molecule has 156 valence electrons. The first kappa shape index (κ1) is 20.8. The molecule has 1 heterocycles. The predicted molar refractivity (Wildman–Crippen MR) is 108 cm³/mol. The molecule has 0 unspecified atom stereocenters. The average Bonchev–Trinajstić information content (AvgIpc) is 2.72. The number of aromatic nitrogens is 1. The van der Waals surface area contributed by atoms with Gasteiger partial charge < -0.3 is 19.7 Å². The molecule has 0 bridgehead atoms. The van der Waals surface area contributed by atoms with Gasteiger partial charge in [0.05, 0.1) is 20.8 Å². The zero-order valence-electron chi connectivity index (χ0n) is 17.0. The number of rotatable bonds is 6. The largest absolute Gasteiger partial charge is 0.503 e. The number of ether oxygens (including phenoxy) is 2. The molecule has 29 heavy (non-hydrogen) atoms. The van der Waals surface area contributed by atoms with Crippen molar-refractivity contribution in [1.29, 1.82) is 0 Å². The quantitative estimate of drug-likeness (QED) is 0.721. The second-order valence-electron chi connectivity index (χ2n) is 7.64. The fourth-order valence-corrected chi connectivity index (χ4v) is 3.87. The van der Waals surface area contributed by atoms with Gasteiger partial charge in [0.25, 0.3) is 5.56 Å². The molecule has 1 aromatic carbocycles. The minimum atomic E-state index is -0.722. The van der Waals surface area contributed by atoms with E-state index in [0.717, 1.165) is 23.0 Å². The molecule has 0 amide bonds. The summed E-state index contributed by atoms with van der Waals surface area (Å²) < 4.78 is 11.3. The van der Waals surface area contributed by atoms with Crippen LogP contribution in [0.2, 0.25) is 0 Å². The lowest BCUT2D eigenvalue weighted by atomic mass is 9.79. The van der Waals surface area contributed by atoms with E-state index in [0.29, 0.717) is 24.5 Å². The number of pyridine rings is 1. The highest BCUT2D eigenvalue weighted by Gasteiger charge is 2.32. The Kier molecular flexibility index (Phi) is 6.15. The molecule has 7 nitrogen and oxygen atoms in total. The third-order valence-corrected chi connectivity index (χ3v) is 5.71. The fourth-order valence-electron chi connectivity index (χ4n) is 3.87. The van der Waals surface area contributed by atoms with Crippen LogP contribution < -0.4 is 15.0 Å². The maximum absolute atomic E-state index is 13.1. The molecule has 1 aliphatic rings. The second-order valence-corrected chi connectivity index (χ2v) is 7.64. The van der Waals surface area contributed by atoms with Crippen molar-refractivity contribution >= 4 is 5.78 Å². The second kappa shape index (κ2) is 8.59. The van der Waals surface area contributed by atoms with Crippen LogP contribution in [-0.2, 0) is 6.54 Å². The fraction of sp³-hybridized carbons (Fsp3) is 0.455. The first-order valence-corrected chi connectivity index (χ1v) is 9.77. The van der Waals surface area contributed by atoms with Crippen LogP contribution in [0.4, 0.5) is 0 Å². The number of Topliss-reactive ketones (excluding diaryl/α,β-unsaturated/α-hetero) is 1. The smallest absolute Gasteiger partial charge is 0.268 e. The van der Waals surface area contributed by atoms with Crippen LogP contribution in [-0.4, -0.2) is 34.8 Å². The zero-order valence-corrected chi connectivity index (χ0v) is 17.0. The number of methoxy groups -OCH3 is 2. The average molecular weight is 401 g/mol. The first-order chi connectivity index (χ1) is 13.9. The van der Waals surface area contributed by atoms with Crippen LogP contribution in [0.15, 0.2) is 29.1 Å². The lowest BCUT2D eigenvalue weighted by Gasteiger charge is -2.25. The van der Waals surface area contributed by atoms with E-state index < -0.39 is 17.2 Å². The van der Waals surface area contributed by atoms with Crippen molar-refractivity contribution in [3.05, 3.63) is 45.7 Å². The summed E-state index contributed by atoms with van der Waals surface area (Å²) in [5.74, 6) is -0.866. The number of hydrogen-bond acceptors (Lipinski definition) is 6. The number of nitrogens with zero attached hydrogens (tertiary/aromatic N) is 1. The van der Waals surface area contributed by atoms with E-state index in [1.165, 1.54) is 7.11 Å². The Hall–Kier alpha value is -2.96. The minimum absolute atomic E-state index is 0.0211. The van der Waals surface area contributed by atoms with Crippen molar-refractivity contribution in [2.45, 2.75) is 39.2 Å². The summed E-state index contributed by atoms with van der Waals surface area (Å²) in [6.45, 7) is 2.16. The first-order valence-electron chi connectivity index (χ1n) is 9.77. The minimum Gasteiger partial charge on any atom is -0.503 e. The molecule has 2 aromatic rings. The van der Waals surface area contributed by atoms with Gasteiger partial charge in [-0.1, -0.05) is 31.9 Å². The van der Waals surface area contributed by atoms with Gasteiger partial charge in [-0.25, -0.2) is 0 Å². The van der Waals surface area contributed by atoms with Gasteiger partial charge in [-0.2, -0.15) is 0 Å². The Morgan fingerprint density at radius 3 is 2.24 bits per heavy atom. The molecule has 7 heteroatoms. The molecule has 0 atom stereocenters. The molecule has 0 radical (unpaired) electrons. The molecule has 1 aromatic heterocycles. The van der Waals surface area contributed by atoms with Crippen molar-refractivity contribution in [3.63, 3.8) is 0 Å². The van der Waals surface area contributed by atoms with Gasteiger partial charge in [0.1, 0.15) is 11.3 Å². The van der Waals surface area contributed by atoms with Gasteiger partial charge >= 0.3 is 0 Å². The van der Waals surface area contributed by atoms with Gasteiger partial charge in [-0.3, -0.25) is 14.2 Å². The van der Waals surface area contributed by atoms with Gasteiger partial charge in [-0.15, -0.1) is 0 Å². The lowest BCUT2D eigenvalue weighted by Crippen LogP contribution is -2.31. The monoisotopic (exact) mass is 401 g/mol. The summed E-state index contributed by atoms with van der Waals surface area (Å²) in [5.41, 5.74) is -0.311. The number of ketones is 1. The molecule has 0 spiro atoms. The van der Waals surface area contributed by atoms with Crippen molar-refractivity contribution in [2.75, 3.05) is 14.2 Å². The van der Waals surface area contributed by atoms with Crippen LogP contribution in [0.1, 0.15) is 48.5 Å². The number of aromatic hydroxyl groups is 2. The standard InChI is InChI=1S/C22H27NO6/c1-13-4-8-15(9-5-13)18(24)17-19(25)20(29-3)22(27)23(21(17)26)12-14-6-10-16(28-2)11-7-14/h6-7,10-11,13,15,25,27H,4-5,8-9,12H2,1-3H3. The van der Waals surface area contributed by atoms with Crippen LogP contribution in [0, 0.1) is 11.8 Å². The number of carbonyl (C=O) groups is 1. The molecule has 0 saturated heterocycles. The van der Waals surface area contributed by atoms with Crippen LogP contribution in [0.5, 0.6) is 23.1 Å². The number of hydrogen-bond donors (Lipinski definition) is 2. The highest BCUT2D eigenvalue weighted by molar-refractivity contribution is 6.00. The third kappa shape index (κ3) is 4.09. The van der Waals surface area contributed by atoms with E-state index in [1.807, 2.05) is 0 Å². The van der Waals surface area contributed by atoms with Gasteiger partial charge in [-0.05, 0) is 36.5 Å². The Bertz CT molecular complexity index is 939. The van der Waals surface area contributed by atoms with Crippen LogP contribution in [0.25, 0.3) is 0 Å². The van der Waals surface area contributed by atoms with Crippen LogP contribution in [0.3, 0.4) is 0 Å². The summed E-state index contributed by atoms with van der Waals surface area (Å²) in [6.07, 6.45) is 3.18. The molecular weight excluding hydrogens is 374 g/mol. The van der Waals surface area contributed by atoms with Crippen LogP contribution >= 0.6 is 0 Å². The van der Waals surface area contributed by atoms with E-state index in [9.17, 15) is 19.8 Å². The van der Waals surface area contributed by atoms with E-state index in [1.54, 1.807) is 31.4 Å². The van der Waals surface area contributed by atoms with E-state index in [-0.39, 0.29) is 29.6 Å².